The third-order valence-electron chi connectivity index (χ3n) is 8.32. The van der Waals surface area contributed by atoms with Gasteiger partial charge in [0.1, 0.15) is 36.1 Å². The largest absolute Gasteiger partial charge is 0.492 e. The molecule has 1 fully saturated rings. The molecule has 39 heavy (non-hydrogen) atoms. The third-order valence-corrected chi connectivity index (χ3v) is 8.32. The van der Waals surface area contributed by atoms with Crippen LogP contribution in [0.2, 0.25) is 0 Å². The number of likely N-dealkylation sites (tertiary alicyclic amines) is 1. The van der Waals surface area contributed by atoms with Crippen molar-refractivity contribution in [1.29, 1.82) is 0 Å². The molecule has 0 N–H and O–H groups in total. The van der Waals surface area contributed by atoms with Gasteiger partial charge in [-0.05, 0) is 94.3 Å². The predicted octanol–water partition coefficient (Wildman–Crippen LogP) is 6.73. The van der Waals surface area contributed by atoms with E-state index >= 15 is 0 Å². The zero-order valence-corrected chi connectivity index (χ0v) is 23.4. The molecule has 7 nitrogen and oxygen atoms in total. The molecule has 1 unspecified atom stereocenters. The van der Waals surface area contributed by atoms with Gasteiger partial charge in [-0.25, -0.2) is 0 Å². The first kappa shape index (κ1) is 27.0. The molecular formula is C32H38N2O5. The molecule has 2 atom stereocenters. The van der Waals surface area contributed by atoms with Crippen molar-refractivity contribution in [1.82, 2.24) is 4.90 Å². The van der Waals surface area contributed by atoms with Crippen molar-refractivity contribution in [3.8, 4) is 17.2 Å². The lowest BCUT2D eigenvalue weighted by Crippen LogP contribution is -2.50. The van der Waals surface area contributed by atoms with Crippen molar-refractivity contribution >= 4 is 5.69 Å². The molecule has 0 saturated carbocycles. The van der Waals surface area contributed by atoms with Gasteiger partial charge >= 0.3 is 0 Å². The number of nitrogens with zero attached hydrogens (tertiary/aromatic N) is 2. The summed E-state index contributed by atoms with van der Waals surface area (Å²) in [7, 11) is 0. The average Bonchev–Trinajstić information content (AvgIpc) is 3.37. The maximum atomic E-state index is 10.9. The number of nitro benzene ring substituents is 1. The molecule has 0 bridgehead atoms. The van der Waals surface area contributed by atoms with Crippen molar-refractivity contribution in [3.05, 3.63) is 92.5 Å². The first-order chi connectivity index (χ1) is 18.7. The first-order valence-electron chi connectivity index (χ1n) is 13.8. The molecule has 7 heteroatoms. The minimum absolute atomic E-state index is 0.0724. The summed E-state index contributed by atoms with van der Waals surface area (Å²) in [4.78, 5) is 13.0. The summed E-state index contributed by atoms with van der Waals surface area (Å²) >= 11 is 0. The highest BCUT2D eigenvalue weighted by Gasteiger charge is 2.39. The molecule has 5 rings (SSSR count). The fraction of sp³-hybridized carbons (Fsp3) is 0.438. The lowest BCUT2D eigenvalue weighted by Gasteiger charge is -2.41. The van der Waals surface area contributed by atoms with Gasteiger partial charge in [0.05, 0.1) is 4.92 Å². The minimum Gasteiger partial charge on any atom is -0.492 e. The summed E-state index contributed by atoms with van der Waals surface area (Å²) in [6.45, 7) is 11.6. The highest BCUT2D eigenvalue weighted by molar-refractivity contribution is 5.59. The number of benzene rings is 3. The van der Waals surface area contributed by atoms with Crippen molar-refractivity contribution in [3.63, 3.8) is 0 Å². The van der Waals surface area contributed by atoms with Crippen LogP contribution in [-0.2, 0) is 13.0 Å². The van der Waals surface area contributed by atoms with Gasteiger partial charge in [-0.1, -0.05) is 30.3 Å². The van der Waals surface area contributed by atoms with Crippen LogP contribution in [0.1, 0.15) is 54.0 Å². The summed E-state index contributed by atoms with van der Waals surface area (Å²) in [5.41, 5.74) is 5.68. The molecule has 2 heterocycles. The fourth-order valence-electron chi connectivity index (χ4n) is 5.92. The van der Waals surface area contributed by atoms with Crippen molar-refractivity contribution in [2.75, 3.05) is 19.7 Å². The Labute approximate surface area is 230 Å². The monoisotopic (exact) mass is 530 g/mol. The second-order valence-corrected chi connectivity index (χ2v) is 11.2. The lowest BCUT2D eigenvalue weighted by atomic mass is 9.86. The van der Waals surface area contributed by atoms with Crippen LogP contribution in [0.25, 0.3) is 0 Å². The van der Waals surface area contributed by atoms with E-state index in [2.05, 4.69) is 44.7 Å². The Kier molecular flexibility index (Phi) is 7.80. The van der Waals surface area contributed by atoms with E-state index in [-0.39, 0.29) is 11.3 Å². The van der Waals surface area contributed by atoms with Gasteiger partial charge in [0, 0.05) is 30.3 Å². The van der Waals surface area contributed by atoms with Gasteiger partial charge < -0.3 is 14.2 Å². The van der Waals surface area contributed by atoms with Crippen LogP contribution >= 0.6 is 0 Å². The molecule has 206 valence electrons. The van der Waals surface area contributed by atoms with Crippen LogP contribution in [0.5, 0.6) is 17.2 Å². The number of nitro groups is 1. The van der Waals surface area contributed by atoms with Gasteiger partial charge in [-0.2, -0.15) is 0 Å². The maximum Gasteiger partial charge on any atom is 0.269 e. The molecular weight excluding hydrogens is 492 g/mol. The lowest BCUT2D eigenvalue weighted by molar-refractivity contribution is -0.384. The van der Waals surface area contributed by atoms with Crippen LogP contribution in [0.3, 0.4) is 0 Å². The number of fused-ring (bicyclic) bond motifs is 1. The van der Waals surface area contributed by atoms with Crippen LogP contribution in [0, 0.1) is 30.9 Å². The smallest absolute Gasteiger partial charge is 0.269 e. The van der Waals surface area contributed by atoms with Crippen LogP contribution in [-0.4, -0.2) is 41.2 Å². The summed E-state index contributed by atoms with van der Waals surface area (Å²) in [6, 6.07) is 16.9. The maximum absolute atomic E-state index is 10.9. The van der Waals surface area contributed by atoms with Gasteiger partial charge in [-0.3, -0.25) is 15.0 Å². The van der Waals surface area contributed by atoms with Crippen molar-refractivity contribution < 1.29 is 19.1 Å². The number of ether oxygens (including phenoxy) is 3. The molecule has 2 aliphatic heterocycles. The van der Waals surface area contributed by atoms with E-state index in [1.807, 2.05) is 18.2 Å². The number of hydrogen-bond donors (Lipinski definition) is 0. The van der Waals surface area contributed by atoms with Gasteiger partial charge in [0.25, 0.3) is 5.69 Å². The van der Waals surface area contributed by atoms with E-state index < -0.39 is 4.92 Å². The highest BCUT2D eigenvalue weighted by Crippen LogP contribution is 2.44. The number of rotatable bonds is 9. The molecule has 1 saturated heterocycles. The van der Waals surface area contributed by atoms with E-state index in [1.165, 1.54) is 23.3 Å². The Morgan fingerprint density at radius 1 is 1.03 bits per heavy atom. The van der Waals surface area contributed by atoms with E-state index in [0.717, 1.165) is 67.0 Å². The second kappa shape index (κ2) is 11.3. The Bertz CT molecular complexity index is 1320. The quantitative estimate of drug-likeness (QED) is 0.226. The van der Waals surface area contributed by atoms with Crippen molar-refractivity contribution in [2.24, 2.45) is 0 Å². The average molecular weight is 531 g/mol. The predicted molar refractivity (Wildman–Crippen MR) is 152 cm³/mol. The molecule has 0 aliphatic carbocycles. The normalized spacial score (nSPS) is 20.8. The van der Waals surface area contributed by atoms with Crippen LogP contribution < -0.4 is 14.2 Å². The van der Waals surface area contributed by atoms with Crippen LogP contribution in [0.4, 0.5) is 5.69 Å². The van der Waals surface area contributed by atoms with Gasteiger partial charge in [0.15, 0.2) is 0 Å². The van der Waals surface area contributed by atoms with E-state index in [0.29, 0.717) is 25.0 Å². The summed E-state index contributed by atoms with van der Waals surface area (Å²) in [5, 5.41) is 10.9. The third kappa shape index (κ3) is 5.88. The zero-order chi connectivity index (χ0) is 27.6. The van der Waals surface area contributed by atoms with Gasteiger partial charge in [-0.15, -0.1) is 0 Å². The topological polar surface area (TPSA) is 74.1 Å². The number of hydrogen-bond acceptors (Lipinski definition) is 6. The molecule has 3 aromatic carbocycles. The van der Waals surface area contributed by atoms with E-state index in [9.17, 15) is 10.1 Å². The zero-order valence-electron chi connectivity index (χ0n) is 23.4. The highest BCUT2D eigenvalue weighted by atomic mass is 16.6. The van der Waals surface area contributed by atoms with E-state index in [4.69, 9.17) is 14.2 Å². The van der Waals surface area contributed by atoms with Crippen molar-refractivity contribution in [2.45, 2.75) is 71.6 Å². The summed E-state index contributed by atoms with van der Waals surface area (Å²) in [5.74, 6) is 2.65. The first-order valence-corrected chi connectivity index (χ1v) is 13.8. The Morgan fingerprint density at radius 2 is 1.77 bits per heavy atom. The standard InChI is InChI=1S/C32H38N2O5/c1-22-23(2)31-29(24(3)30(22)38-19-25-9-6-5-7-10-25)16-17-32(4,39-31)21-33-18-8-11-27(33)20-37-28-14-12-26(13-15-28)34(35)36/h5-7,9-10,12-15,27H,8,11,16-21H2,1-4H3/t27-,32?/m0/s1. The molecule has 0 aromatic heterocycles. The Morgan fingerprint density at radius 3 is 2.49 bits per heavy atom. The second-order valence-electron chi connectivity index (χ2n) is 11.2. The fourth-order valence-corrected chi connectivity index (χ4v) is 5.92. The SMILES string of the molecule is Cc1c(C)c2c(c(C)c1OCc1ccccc1)CCC(C)(CN1CCC[C@H]1COc1ccc([N+](=O)[O-])cc1)O2. The minimum atomic E-state index is -0.394. The van der Waals surface area contributed by atoms with E-state index in [1.54, 1.807) is 12.1 Å². The summed E-state index contributed by atoms with van der Waals surface area (Å²) < 4.78 is 19.2. The van der Waals surface area contributed by atoms with Crippen LogP contribution in [0.15, 0.2) is 54.6 Å². The Balaban J connectivity index is 1.25. The number of non-ortho nitro benzene ring substituents is 1. The summed E-state index contributed by atoms with van der Waals surface area (Å²) in [6.07, 6.45) is 4.09. The Hall–Kier alpha value is -3.58. The molecule has 0 radical (unpaired) electrons. The molecule has 0 amide bonds. The molecule has 3 aromatic rings. The molecule has 2 aliphatic rings. The van der Waals surface area contributed by atoms with Gasteiger partial charge in [0.2, 0.25) is 0 Å². The molecule has 0 spiro atoms.